The summed E-state index contributed by atoms with van der Waals surface area (Å²) in [5, 5.41) is 9.59. The van der Waals surface area contributed by atoms with E-state index in [2.05, 4.69) is 0 Å². The van der Waals surface area contributed by atoms with Crippen LogP contribution in [0.15, 0.2) is 0 Å². The number of methoxy groups -OCH3 is 1. The van der Waals surface area contributed by atoms with Crippen LogP contribution in [0.25, 0.3) is 0 Å². The zero-order valence-corrected chi connectivity index (χ0v) is 11.0. The molecule has 0 aromatic carbocycles. The van der Waals surface area contributed by atoms with Crippen LogP contribution in [-0.4, -0.2) is 61.8 Å². The molecule has 0 saturated heterocycles. The van der Waals surface area contributed by atoms with Crippen LogP contribution in [0.3, 0.4) is 0 Å². The maximum absolute atomic E-state index is 13.0. The second-order valence-electron chi connectivity index (χ2n) is 4.90. The number of rotatable bonds is 6. The maximum atomic E-state index is 13.0. The van der Waals surface area contributed by atoms with Crippen LogP contribution in [0.2, 0.25) is 0 Å². The lowest BCUT2D eigenvalue weighted by atomic mass is 9.81. The predicted molar refractivity (Wildman–Crippen MR) is 62.6 cm³/mol. The summed E-state index contributed by atoms with van der Waals surface area (Å²) in [6, 6.07) is -0.866. The first kappa shape index (κ1) is 16.7. The third-order valence-electron chi connectivity index (χ3n) is 3.63. The Hall–Kier alpha value is -0.400. The van der Waals surface area contributed by atoms with E-state index >= 15 is 0 Å². The highest BCUT2D eigenvalue weighted by molar-refractivity contribution is 4.90. The van der Waals surface area contributed by atoms with Gasteiger partial charge in [0.15, 0.2) is 0 Å². The molecule has 19 heavy (non-hydrogen) atoms. The third-order valence-corrected chi connectivity index (χ3v) is 3.63. The first-order chi connectivity index (χ1) is 8.90. The molecule has 0 aromatic heterocycles. The second kappa shape index (κ2) is 7.40. The average molecular weight is 287 g/mol. The first-order valence-electron chi connectivity index (χ1n) is 6.43. The van der Waals surface area contributed by atoms with Gasteiger partial charge >= 0.3 is 6.18 Å². The number of halogens is 4. The van der Waals surface area contributed by atoms with Crippen molar-refractivity contribution in [1.82, 2.24) is 4.90 Å². The summed E-state index contributed by atoms with van der Waals surface area (Å²) in [5.74, 6) is -1.50. The van der Waals surface area contributed by atoms with E-state index in [0.29, 0.717) is 0 Å². The molecule has 1 fully saturated rings. The monoisotopic (exact) mass is 287 g/mol. The summed E-state index contributed by atoms with van der Waals surface area (Å²) in [7, 11) is 1.45. The smallest absolute Gasteiger partial charge is 0.393 e. The Balaban J connectivity index is 2.79. The molecule has 0 heterocycles. The SMILES string of the molecule is COCCN(CCF)C1CC(O)CCC1C(F)(F)F. The molecule has 1 aliphatic rings. The molecule has 0 spiro atoms. The molecule has 1 N–H and O–H groups in total. The van der Waals surface area contributed by atoms with Gasteiger partial charge in [-0.2, -0.15) is 13.2 Å². The van der Waals surface area contributed by atoms with E-state index in [4.69, 9.17) is 4.74 Å². The van der Waals surface area contributed by atoms with Crippen LogP contribution in [0, 0.1) is 5.92 Å². The molecule has 0 amide bonds. The molecule has 1 rings (SSSR count). The molecule has 3 nitrogen and oxygen atoms in total. The zero-order valence-electron chi connectivity index (χ0n) is 11.0. The van der Waals surface area contributed by atoms with E-state index in [-0.39, 0.29) is 39.0 Å². The van der Waals surface area contributed by atoms with E-state index in [0.717, 1.165) is 0 Å². The van der Waals surface area contributed by atoms with Crippen molar-refractivity contribution in [3.63, 3.8) is 0 Å². The van der Waals surface area contributed by atoms with Crippen LogP contribution in [0.5, 0.6) is 0 Å². The maximum Gasteiger partial charge on any atom is 0.393 e. The summed E-state index contributed by atoms with van der Waals surface area (Å²) in [6.45, 7) is -0.282. The van der Waals surface area contributed by atoms with Gasteiger partial charge in [-0.15, -0.1) is 0 Å². The Kier molecular flexibility index (Phi) is 6.49. The van der Waals surface area contributed by atoms with Crippen molar-refractivity contribution in [3.8, 4) is 0 Å². The van der Waals surface area contributed by atoms with E-state index in [9.17, 15) is 22.7 Å². The van der Waals surface area contributed by atoms with Gasteiger partial charge in [0.25, 0.3) is 0 Å². The number of aliphatic hydroxyl groups excluding tert-OH is 1. The van der Waals surface area contributed by atoms with Gasteiger partial charge in [0.2, 0.25) is 0 Å². The van der Waals surface area contributed by atoms with Crippen LogP contribution in [0.4, 0.5) is 17.6 Å². The fourth-order valence-electron chi connectivity index (χ4n) is 2.67. The molecule has 0 aliphatic heterocycles. The first-order valence-corrected chi connectivity index (χ1v) is 6.43. The fourth-order valence-corrected chi connectivity index (χ4v) is 2.67. The largest absolute Gasteiger partial charge is 0.393 e. The van der Waals surface area contributed by atoms with E-state index in [1.54, 1.807) is 0 Å². The average Bonchev–Trinajstić information content (AvgIpc) is 2.32. The molecule has 7 heteroatoms. The van der Waals surface area contributed by atoms with Crippen molar-refractivity contribution in [2.75, 3.05) is 33.5 Å². The summed E-state index contributed by atoms with van der Waals surface area (Å²) < 4.78 is 56.4. The van der Waals surface area contributed by atoms with E-state index in [1.807, 2.05) is 0 Å². The number of nitrogens with zero attached hydrogens (tertiary/aromatic N) is 1. The van der Waals surface area contributed by atoms with Crippen molar-refractivity contribution in [1.29, 1.82) is 0 Å². The summed E-state index contributed by atoms with van der Waals surface area (Å²) >= 11 is 0. The molecule has 0 aromatic rings. The lowest BCUT2D eigenvalue weighted by Gasteiger charge is -2.41. The second-order valence-corrected chi connectivity index (χ2v) is 4.90. The van der Waals surface area contributed by atoms with Crippen molar-refractivity contribution in [3.05, 3.63) is 0 Å². The van der Waals surface area contributed by atoms with Crippen LogP contribution in [-0.2, 0) is 4.74 Å². The Morgan fingerprint density at radius 3 is 2.47 bits per heavy atom. The highest BCUT2D eigenvalue weighted by Gasteiger charge is 2.48. The van der Waals surface area contributed by atoms with E-state index < -0.39 is 30.9 Å². The summed E-state index contributed by atoms with van der Waals surface area (Å²) in [6.07, 6.45) is -4.98. The molecular weight excluding hydrogens is 266 g/mol. The molecule has 114 valence electrons. The van der Waals surface area contributed by atoms with Crippen LogP contribution in [0.1, 0.15) is 19.3 Å². The quantitative estimate of drug-likeness (QED) is 0.758. The number of alkyl halides is 4. The van der Waals surface area contributed by atoms with Gasteiger partial charge in [0.05, 0.1) is 18.6 Å². The van der Waals surface area contributed by atoms with Crippen molar-refractivity contribution >= 4 is 0 Å². The predicted octanol–water partition coefficient (Wildman–Crippen LogP) is 2.00. The zero-order chi connectivity index (χ0) is 14.5. The lowest BCUT2D eigenvalue weighted by molar-refractivity contribution is -0.205. The van der Waals surface area contributed by atoms with Crippen LogP contribution < -0.4 is 0 Å². The normalized spacial score (nSPS) is 28.9. The lowest BCUT2D eigenvalue weighted by Crippen LogP contribution is -2.52. The number of aliphatic hydroxyl groups is 1. The molecule has 3 unspecified atom stereocenters. The molecule has 1 saturated carbocycles. The van der Waals surface area contributed by atoms with Gasteiger partial charge in [-0.1, -0.05) is 0 Å². The van der Waals surface area contributed by atoms with Gasteiger partial charge in [-0.05, 0) is 19.3 Å². The minimum atomic E-state index is -4.31. The van der Waals surface area contributed by atoms with Crippen molar-refractivity contribution in [2.24, 2.45) is 5.92 Å². The van der Waals surface area contributed by atoms with Gasteiger partial charge in [-0.25, -0.2) is 4.39 Å². The number of hydrogen-bond acceptors (Lipinski definition) is 3. The highest BCUT2D eigenvalue weighted by Crippen LogP contribution is 2.40. The topological polar surface area (TPSA) is 32.7 Å². The molecule has 1 aliphatic carbocycles. The Morgan fingerprint density at radius 2 is 1.95 bits per heavy atom. The van der Waals surface area contributed by atoms with Gasteiger partial charge in [0, 0.05) is 26.2 Å². The van der Waals surface area contributed by atoms with Gasteiger partial charge < -0.3 is 9.84 Å². The highest BCUT2D eigenvalue weighted by atomic mass is 19.4. The minimum absolute atomic E-state index is 0.0356. The van der Waals surface area contributed by atoms with Gasteiger partial charge in [0.1, 0.15) is 6.67 Å². The molecular formula is C12H21F4NO2. The van der Waals surface area contributed by atoms with E-state index in [1.165, 1.54) is 12.0 Å². The Bertz CT molecular complexity index is 263. The fraction of sp³-hybridized carbons (Fsp3) is 1.00. The standard InChI is InChI=1S/C12H21F4NO2/c1-19-7-6-17(5-4-13)11-8-9(18)2-3-10(11)12(14,15)16/h9-11,18H,2-8H2,1H3. The van der Waals surface area contributed by atoms with Crippen molar-refractivity contribution < 1.29 is 27.4 Å². The Labute approximate surface area is 110 Å². The van der Waals surface area contributed by atoms with Crippen LogP contribution >= 0.6 is 0 Å². The number of hydrogen-bond donors (Lipinski definition) is 1. The summed E-state index contributed by atoms with van der Waals surface area (Å²) in [5.41, 5.74) is 0. The third kappa shape index (κ3) is 4.89. The minimum Gasteiger partial charge on any atom is -0.393 e. The molecule has 0 radical (unpaired) electrons. The van der Waals surface area contributed by atoms with Gasteiger partial charge in [-0.3, -0.25) is 4.90 Å². The summed E-state index contributed by atoms with van der Waals surface area (Å²) in [4.78, 5) is 1.45. The Morgan fingerprint density at radius 1 is 1.26 bits per heavy atom. The molecule has 3 atom stereocenters. The number of ether oxygens (including phenoxy) is 1. The van der Waals surface area contributed by atoms with Crippen molar-refractivity contribution in [2.45, 2.75) is 37.6 Å². The molecule has 0 bridgehead atoms.